The van der Waals surface area contributed by atoms with Gasteiger partial charge in [-0.2, -0.15) is 13.2 Å². The van der Waals surface area contributed by atoms with E-state index in [9.17, 15) is 18.0 Å². The molecule has 0 aliphatic heterocycles. The largest absolute Gasteiger partial charge is 0.488 e. The number of carbonyl (C=O) groups excluding carboxylic acids is 1. The van der Waals surface area contributed by atoms with Crippen LogP contribution in [0.3, 0.4) is 0 Å². The average molecular weight is 406 g/mol. The van der Waals surface area contributed by atoms with E-state index in [0.29, 0.717) is 28.3 Å². The van der Waals surface area contributed by atoms with Gasteiger partial charge in [0.15, 0.2) is 0 Å². The van der Waals surface area contributed by atoms with Crippen molar-refractivity contribution in [2.24, 2.45) is 5.73 Å². The fourth-order valence-electron chi connectivity index (χ4n) is 2.56. The maximum absolute atomic E-state index is 12.7. The third-order valence-corrected chi connectivity index (χ3v) is 5.20. The van der Waals surface area contributed by atoms with Crippen LogP contribution in [-0.2, 0) is 19.2 Å². The molecule has 28 heavy (non-hydrogen) atoms. The van der Waals surface area contributed by atoms with E-state index in [4.69, 9.17) is 10.5 Å². The topological polar surface area (TPSA) is 65.2 Å². The van der Waals surface area contributed by atoms with Gasteiger partial charge in [0.25, 0.3) is 0 Å². The molecule has 8 heteroatoms. The molecule has 0 bridgehead atoms. The SMILES string of the molecule is CCc1nc(-c2ccc(C(F)(F)F)cc2)sc1COc1ccc(C(N)=O)cc1. The van der Waals surface area contributed by atoms with Gasteiger partial charge >= 0.3 is 6.18 Å². The van der Waals surface area contributed by atoms with Crippen LogP contribution in [0, 0.1) is 0 Å². The Hall–Kier alpha value is -2.87. The number of rotatable bonds is 6. The van der Waals surface area contributed by atoms with E-state index in [1.165, 1.54) is 23.5 Å². The van der Waals surface area contributed by atoms with Crippen molar-refractivity contribution >= 4 is 17.2 Å². The Labute approximate surface area is 163 Å². The average Bonchev–Trinajstić information content (AvgIpc) is 3.09. The van der Waals surface area contributed by atoms with Crippen molar-refractivity contribution < 1.29 is 22.7 Å². The molecule has 0 aliphatic rings. The number of benzene rings is 2. The Morgan fingerprint density at radius 3 is 2.29 bits per heavy atom. The summed E-state index contributed by atoms with van der Waals surface area (Å²) in [6.45, 7) is 2.23. The highest BCUT2D eigenvalue weighted by Crippen LogP contribution is 2.33. The van der Waals surface area contributed by atoms with Gasteiger partial charge in [-0.3, -0.25) is 4.79 Å². The summed E-state index contributed by atoms with van der Waals surface area (Å²) in [5.74, 6) is 0.0694. The number of ether oxygens (including phenoxy) is 1. The van der Waals surface area contributed by atoms with Crippen LogP contribution in [0.4, 0.5) is 13.2 Å². The number of nitrogens with two attached hydrogens (primary N) is 1. The zero-order chi connectivity index (χ0) is 20.3. The van der Waals surface area contributed by atoms with Crippen molar-refractivity contribution in [2.75, 3.05) is 0 Å². The summed E-state index contributed by atoms with van der Waals surface area (Å²) in [7, 11) is 0. The number of primary amides is 1. The van der Waals surface area contributed by atoms with E-state index in [0.717, 1.165) is 22.7 Å². The monoisotopic (exact) mass is 406 g/mol. The number of hydrogen-bond acceptors (Lipinski definition) is 4. The summed E-state index contributed by atoms with van der Waals surface area (Å²) in [6.07, 6.45) is -3.69. The number of nitrogens with zero attached hydrogens (tertiary/aromatic N) is 1. The molecule has 0 fully saturated rings. The predicted octanol–water partition coefficient (Wildman–Crippen LogP) is 5.07. The lowest BCUT2D eigenvalue weighted by Gasteiger charge is -2.06. The summed E-state index contributed by atoms with van der Waals surface area (Å²) < 4.78 is 43.9. The molecule has 146 valence electrons. The van der Waals surface area contributed by atoms with Gasteiger partial charge < -0.3 is 10.5 Å². The molecule has 4 nitrogen and oxygen atoms in total. The smallest absolute Gasteiger partial charge is 0.416 e. The number of alkyl halides is 3. The summed E-state index contributed by atoms with van der Waals surface area (Å²) in [5, 5.41) is 0.647. The minimum Gasteiger partial charge on any atom is -0.488 e. The highest BCUT2D eigenvalue weighted by atomic mass is 32.1. The molecule has 0 spiro atoms. The third kappa shape index (κ3) is 4.51. The molecule has 3 aromatic rings. The standard InChI is InChI=1S/C20H17F3N2O2S/c1-2-16-17(11-27-15-9-5-12(6-10-15)18(24)26)28-19(25-16)13-3-7-14(8-4-13)20(21,22)23/h3-10H,2,11H2,1H3,(H2,24,26). The van der Waals surface area contributed by atoms with Crippen LogP contribution in [0.15, 0.2) is 48.5 Å². The lowest BCUT2D eigenvalue weighted by molar-refractivity contribution is -0.137. The van der Waals surface area contributed by atoms with E-state index in [1.807, 2.05) is 6.92 Å². The summed E-state index contributed by atoms with van der Waals surface area (Å²) in [4.78, 5) is 16.5. The Balaban J connectivity index is 1.76. The number of hydrogen-bond donors (Lipinski definition) is 1. The highest BCUT2D eigenvalue weighted by molar-refractivity contribution is 7.15. The first-order valence-corrected chi connectivity index (χ1v) is 9.28. The fraction of sp³-hybridized carbons (Fsp3) is 0.200. The molecule has 1 aromatic heterocycles. The van der Waals surface area contributed by atoms with Gasteiger partial charge in [-0.05, 0) is 42.8 Å². The molecule has 0 saturated heterocycles. The van der Waals surface area contributed by atoms with Crippen molar-refractivity contribution in [2.45, 2.75) is 26.1 Å². The number of carbonyl (C=O) groups is 1. The van der Waals surface area contributed by atoms with E-state index >= 15 is 0 Å². The molecular formula is C20H17F3N2O2S. The van der Waals surface area contributed by atoms with Gasteiger partial charge in [-0.1, -0.05) is 19.1 Å². The first kappa shape index (κ1) is 19.9. The molecule has 0 unspecified atom stereocenters. The zero-order valence-electron chi connectivity index (χ0n) is 14.9. The van der Waals surface area contributed by atoms with Gasteiger partial charge in [-0.15, -0.1) is 11.3 Å². The van der Waals surface area contributed by atoms with Crippen LogP contribution >= 0.6 is 11.3 Å². The molecule has 2 aromatic carbocycles. The van der Waals surface area contributed by atoms with Crippen LogP contribution in [0.2, 0.25) is 0 Å². The minimum absolute atomic E-state index is 0.275. The molecule has 2 N–H and O–H groups in total. The normalized spacial score (nSPS) is 11.4. The van der Waals surface area contributed by atoms with Gasteiger partial charge in [0.05, 0.1) is 16.1 Å². The maximum Gasteiger partial charge on any atom is 0.416 e. The molecule has 3 rings (SSSR count). The maximum atomic E-state index is 12.7. The molecule has 0 radical (unpaired) electrons. The second-order valence-electron chi connectivity index (χ2n) is 5.99. The quantitative estimate of drug-likeness (QED) is 0.622. The molecule has 0 saturated carbocycles. The molecule has 0 aliphatic carbocycles. The van der Waals surface area contributed by atoms with E-state index in [-0.39, 0.29) is 6.61 Å². The van der Waals surface area contributed by atoms with Crippen LogP contribution in [0.5, 0.6) is 5.75 Å². The van der Waals surface area contributed by atoms with Crippen molar-refractivity contribution in [1.29, 1.82) is 0 Å². The fourth-order valence-corrected chi connectivity index (χ4v) is 3.63. The number of thiazole rings is 1. The second kappa shape index (κ2) is 8.02. The Bertz CT molecular complexity index is 965. The lowest BCUT2D eigenvalue weighted by Crippen LogP contribution is -2.10. The summed E-state index contributed by atoms with van der Waals surface area (Å²) >= 11 is 1.39. The van der Waals surface area contributed by atoms with Crippen LogP contribution < -0.4 is 10.5 Å². The van der Waals surface area contributed by atoms with Crippen molar-refractivity contribution in [3.8, 4) is 16.3 Å². The molecule has 1 amide bonds. The van der Waals surface area contributed by atoms with Crippen molar-refractivity contribution in [1.82, 2.24) is 4.98 Å². The van der Waals surface area contributed by atoms with Crippen molar-refractivity contribution in [3.63, 3.8) is 0 Å². The van der Waals surface area contributed by atoms with Gasteiger partial charge in [0.1, 0.15) is 17.4 Å². The number of amides is 1. The van der Waals surface area contributed by atoms with Gasteiger partial charge in [-0.25, -0.2) is 4.98 Å². The Morgan fingerprint density at radius 2 is 1.75 bits per heavy atom. The number of halogens is 3. The van der Waals surface area contributed by atoms with Crippen LogP contribution in [0.1, 0.15) is 33.4 Å². The van der Waals surface area contributed by atoms with Crippen LogP contribution in [0.25, 0.3) is 10.6 Å². The second-order valence-corrected chi connectivity index (χ2v) is 7.08. The zero-order valence-corrected chi connectivity index (χ0v) is 15.7. The highest BCUT2D eigenvalue weighted by Gasteiger charge is 2.30. The van der Waals surface area contributed by atoms with Crippen LogP contribution in [-0.4, -0.2) is 10.9 Å². The third-order valence-electron chi connectivity index (χ3n) is 4.08. The molecule has 1 heterocycles. The van der Waals surface area contributed by atoms with E-state index in [1.54, 1.807) is 24.3 Å². The Kier molecular flexibility index (Phi) is 5.69. The first-order chi connectivity index (χ1) is 13.3. The lowest BCUT2D eigenvalue weighted by atomic mass is 10.1. The predicted molar refractivity (Wildman–Crippen MR) is 101 cm³/mol. The van der Waals surface area contributed by atoms with E-state index in [2.05, 4.69) is 4.98 Å². The first-order valence-electron chi connectivity index (χ1n) is 8.46. The number of aromatic nitrogens is 1. The summed E-state index contributed by atoms with van der Waals surface area (Å²) in [5.41, 5.74) is 6.38. The number of aryl methyl sites for hydroxylation is 1. The van der Waals surface area contributed by atoms with Crippen molar-refractivity contribution in [3.05, 3.63) is 70.2 Å². The van der Waals surface area contributed by atoms with E-state index < -0.39 is 17.6 Å². The summed E-state index contributed by atoms with van der Waals surface area (Å²) in [6, 6.07) is 11.4. The van der Waals surface area contributed by atoms with Gasteiger partial charge in [0, 0.05) is 11.1 Å². The van der Waals surface area contributed by atoms with Gasteiger partial charge in [0.2, 0.25) is 5.91 Å². The molecular weight excluding hydrogens is 389 g/mol. The molecule has 0 atom stereocenters. The minimum atomic E-state index is -4.36. The Morgan fingerprint density at radius 1 is 1.11 bits per heavy atom.